The van der Waals surface area contributed by atoms with E-state index in [0.717, 1.165) is 39.3 Å². The quantitative estimate of drug-likeness (QED) is 0.265. The molecule has 0 saturated carbocycles. The molecule has 0 N–H and O–H groups in total. The van der Waals surface area contributed by atoms with Gasteiger partial charge in [0.25, 0.3) is 0 Å². The molecule has 2 heteroatoms. The first-order valence-corrected chi connectivity index (χ1v) is 19.0. The fourth-order valence-electron chi connectivity index (χ4n) is 22.0. The summed E-state index contributed by atoms with van der Waals surface area (Å²) in [5.74, 6) is 0.648. The second kappa shape index (κ2) is 2.02. The van der Waals surface area contributed by atoms with Crippen molar-refractivity contribution in [2.24, 2.45) is 0 Å². The molecular weight excluding hydrogens is 444 g/mol. The van der Waals surface area contributed by atoms with Crippen LogP contribution in [0.3, 0.4) is 0 Å². The second-order valence-corrected chi connectivity index (χ2v) is 38.3. The average molecular weight is 470 g/mol. The Morgan fingerprint density at radius 2 is 1.15 bits per heavy atom. The van der Waals surface area contributed by atoms with Crippen LogP contribution in [0, 0.1) is 0 Å². The summed E-state index contributed by atoms with van der Waals surface area (Å²) >= 11 is 0. The third-order valence-corrected chi connectivity index (χ3v) is 63.8. The molecule has 9 unspecified atom stereocenters. The van der Waals surface area contributed by atoms with Gasteiger partial charge in [-0.2, -0.15) is 0 Å². The van der Waals surface area contributed by atoms with Gasteiger partial charge in [-0.15, -0.1) is 0 Å². The standard InChI is InChI=1S/C19H15O.C12H11.Fe/c20-19(17-9-5-2-6-10-17)18-12-11-16(14-18)13-15-7-3-1-4-8-15;1-2-6-11(7-3-1)10-12-8-4-5-9-12;/h1-12,14H,13H2;1-9H,10H2;. The monoisotopic (exact) mass is 470 g/mol. The molecule has 0 bridgehead atoms. The van der Waals surface area contributed by atoms with Crippen LogP contribution in [0.1, 0.15) is 21.5 Å². The van der Waals surface area contributed by atoms with Crippen LogP contribution in [0.4, 0.5) is 0 Å². The summed E-state index contributed by atoms with van der Waals surface area (Å²) in [6, 6.07) is 33.4. The van der Waals surface area contributed by atoms with E-state index in [4.69, 9.17) is 0 Å². The van der Waals surface area contributed by atoms with Crippen molar-refractivity contribution in [1.29, 1.82) is 0 Å². The molecule has 9 atom stereocenters. The van der Waals surface area contributed by atoms with Gasteiger partial charge in [-0.1, -0.05) is 0 Å². The normalized spacial score (nSPS) is 71.2. The number of ketones is 1. The van der Waals surface area contributed by atoms with E-state index in [0.29, 0.717) is 14.4 Å². The number of hydrogen-bond acceptors (Lipinski definition) is 1. The van der Waals surface area contributed by atoms with Crippen LogP contribution in [-0.2, 0) is 19.4 Å². The fourth-order valence-corrected chi connectivity index (χ4v) is 101. The van der Waals surface area contributed by atoms with E-state index in [9.17, 15) is 4.79 Å². The predicted octanol–water partition coefficient (Wildman–Crippen LogP) is 7.85. The number of hydrogen-bond donors (Lipinski definition) is 0. The van der Waals surface area contributed by atoms with E-state index < -0.39 is 6.51 Å². The number of benzene rings is 3. The van der Waals surface area contributed by atoms with Crippen LogP contribution in [0.15, 0.2) is 91.0 Å². The number of fused-ring (bicyclic) bond motifs is 10. The fraction of sp³-hybridized carbons (Fsp3) is 0.387. The molecule has 1 nitrogen and oxygen atoms in total. The summed E-state index contributed by atoms with van der Waals surface area (Å²) in [4.78, 5) is 21.8. The van der Waals surface area contributed by atoms with Gasteiger partial charge in [0, 0.05) is 0 Å². The van der Waals surface area contributed by atoms with Crippen molar-refractivity contribution >= 4 is 5.78 Å². The van der Waals surface area contributed by atoms with Crippen LogP contribution in [-0.4, -0.2) is 5.78 Å². The Hall–Kier alpha value is -2.15. The molecule has 3 aromatic rings. The van der Waals surface area contributed by atoms with E-state index >= 15 is 0 Å². The summed E-state index contributed by atoms with van der Waals surface area (Å²) in [6.45, 7) is -4.11. The van der Waals surface area contributed by atoms with Gasteiger partial charge in [-0.25, -0.2) is 0 Å². The third-order valence-electron chi connectivity index (χ3n) is 19.5. The zero-order valence-corrected chi connectivity index (χ0v) is 19.5. The number of carbonyl (C=O) groups excluding carboxylic acids is 1. The maximum atomic E-state index is 14.6. The van der Waals surface area contributed by atoms with Crippen molar-refractivity contribution in [3.05, 3.63) is 108 Å². The van der Waals surface area contributed by atoms with Crippen molar-refractivity contribution in [2.45, 2.75) is 59.5 Å². The molecule has 10 saturated heterocycles. The molecule has 0 aliphatic carbocycles. The minimum absolute atomic E-state index is 0.203. The molecular formula is C31H26FeO. The first-order valence-electron chi connectivity index (χ1n) is 12.9. The maximum absolute atomic E-state index is 14.6. The van der Waals surface area contributed by atoms with Crippen molar-refractivity contribution in [1.82, 2.24) is 0 Å². The van der Waals surface area contributed by atoms with Crippen LogP contribution in [0.5, 0.6) is 0 Å². The first kappa shape index (κ1) is 15.0. The Morgan fingerprint density at radius 3 is 1.70 bits per heavy atom. The zero-order valence-electron chi connectivity index (χ0n) is 18.4. The second-order valence-electron chi connectivity index (χ2n) is 15.2. The van der Waals surface area contributed by atoms with Gasteiger partial charge in [0.05, 0.1) is 0 Å². The van der Waals surface area contributed by atoms with E-state index in [1.165, 1.54) is 12.8 Å². The Labute approximate surface area is 183 Å². The van der Waals surface area contributed by atoms with Crippen LogP contribution in [0.25, 0.3) is 0 Å². The predicted molar refractivity (Wildman–Crippen MR) is 125 cm³/mol. The summed E-state index contributed by atoms with van der Waals surface area (Å²) < 4.78 is 1.49. The SMILES string of the molecule is O=C(c1ccccc1)[C]12[CH]3[CH]4[C]5(Cc6ccccc6)[CH]1[Fe]43521678[CH]2[CH]1[CH]6[C]7(Cc1ccccc1)[CH]28. The van der Waals surface area contributed by atoms with Crippen molar-refractivity contribution in [3.8, 4) is 0 Å². The van der Waals surface area contributed by atoms with E-state index in [1.54, 1.807) is 11.1 Å². The summed E-state index contributed by atoms with van der Waals surface area (Å²) in [7, 11) is 0. The zero-order chi connectivity index (χ0) is 21.2. The third kappa shape index (κ3) is 0.294. The molecule has 0 amide bonds. The summed E-state index contributed by atoms with van der Waals surface area (Å²) in [5, 5.41) is 0. The number of rotatable bonds is 6. The van der Waals surface area contributed by atoms with Gasteiger partial charge < -0.3 is 0 Å². The topological polar surface area (TPSA) is 17.1 Å². The molecule has 1 spiro atoms. The summed E-state index contributed by atoms with van der Waals surface area (Å²) in [5.41, 5.74) is 4.20. The summed E-state index contributed by atoms with van der Waals surface area (Å²) in [6.07, 6.45) is 2.66. The van der Waals surface area contributed by atoms with E-state index in [2.05, 4.69) is 91.0 Å². The molecule has 3 aromatic carbocycles. The molecule has 10 aliphatic rings. The van der Waals surface area contributed by atoms with Gasteiger partial charge >= 0.3 is 184 Å². The van der Waals surface area contributed by atoms with Crippen LogP contribution in [0.2, 0.25) is 46.7 Å². The number of Topliss-reactive ketones (excluding diaryl/α,β-unsaturated/α-hetero) is 1. The van der Waals surface area contributed by atoms with Gasteiger partial charge in [-0.3, -0.25) is 0 Å². The van der Waals surface area contributed by atoms with Crippen molar-refractivity contribution < 1.29 is 11.3 Å². The van der Waals surface area contributed by atoms with Gasteiger partial charge in [0.2, 0.25) is 0 Å². The van der Waals surface area contributed by atoms with E-state index in [1.807, 2.05) is 0 Å². The molecule has 10 fully saturated rings. The van der Waals surface area contributed by atoms with Gasteiger partial charge in [0.1, 0.15) is 0 Å². The molecule has 164 valence electrons. The van der Waals surface area contributed by atoms with Crippen LogP contribution >= 0.6 is 0 Å². The van der Waals surface area contributed by atoms with E-state index in [-0.39, 0.29) is 4.31 Å². The number of carbonyl (C=O) groups is 1. The van der Waals surface area contributed by atoms with Crippen molar-refractivity contribution in [2.75, 3.05) is 0 Å². The average Bonchev–Trinajstić information content (AvgIpc) is 3.82. The molecule has 0 radical (unpaired) electrons. The molecule has 13 rings (SSSR count). The Balaban J connectivity index is 1.14. The molecule has 10 aliphatic heterocycles. The first-order chi connectivity index (χ1) is 16.0. The molecule has 33 heavy (non-hydrogen) atoms. The Kier molecular flexibility index (Phi) is 0.917. The van der Waals surface area contributed by atoms with Crippen molar-refractivity contribution in [3.63, 3.8) is 0 Å². The van der Waals surface area contributed by atoms with Gasteiger partial charge in [0.15, 0.2) is 0 Å². The minimum atomic E-state index is -4.11. The Bertz CT molecular complexity index is 1930. The molecule has 10 heterocycles. The van der Waals surface area contributed by atoms with Crippen LogP contribution < -0.4 is 0 Å². The van der Waals surface area contributed by atoms with Gasteiger partial charge in [-0.05, 0) is 0 Å². The molecule has 0 aromatic heterocycles. The Morgan fingerprint density at radius 1 is 0.636 bits per heavy atom.